The number of thiazole rings is 1. The van der Waals surface area contributed by atoms with Gasteiger partial charge in [-0.05, 0) is 39.3 Å². The first-order valence-electron chi connectivity index (χ1n) is 8.15. The molecule has 7 nitrogen and oxygen atoms in total. The number of furan rings is 1. The lowest BCUT2D eigenvalue weighted by atomic mass is 10.3. The molecule has 0 atom stereocenters. The van der Waals surface area contributed by atoms with Gasteiger partial charge in [-0.3, -0.25) is 9.59 Å². The maximum absolute atomic E-state index is 12.5. The summed E-state index contributed by atoms with van der Waals surface area (Å²) in [6, 6.07) is 3.23. The monoisotopic (exact) mass is 365 g/mol. The smallest absolute Gasteiger partial charge is 0.290 e. The molecule has 0 unspecified atom stereocenters. The second kappa shape index (κ2) is 9.33. The summed E-state index contributed by atoms with van der Waals surface area (Å²) in [5, 5.41) is 3.29. The van der Waals surface area contributed by atoms with Crippen molar-refractivity contribution < 1.29 is 18.7 Å². The number of hydrogen-bond acceptors (Lipinski definition) is 6. The highest BCUT2D eigenvalue weighted by atomic mass is 32.1. The molecule has 1 N–H and O–H groups in total. The van der Waals surface area contributed by atoms with Gasteiger partial charge in [-0.2, -0.15) is 0 Å². The number of aryl methyl sites for hydroxylation is 2. The van der Waals surface area contributed by atoms with Crippen molar-refractivity contribution in [3.63, 3.8) is 0 Å². The second-order valence-electron chi connectivity index (χ2n) is 5.46. The lowest BCUT2D eigenvalue weighted by Gasteiger charge is -2.20. The van der Waals surface area contributed by atoms with Gasteiger partial charge in [0.1, 0.15) is 6.54 Å². The predicted octanol–water partition coefficient (Wildman–Crippen LogP) is 2.86. The summed E-state index contributed by atoms with van der Waals surface area (Å²) in [6.07, 6.45) is 2.08. The summed E-state index contributed by atoms with van der Waals surface area (Å²) in [4.78, 5) is 31.6. The Labute approximate surface area is 151 Å². The van der Waals surface area contributed by atoms with E-state index >= 15 is 0 Å². The van der Waals surface area contributed by atoms with E-state index in [1.807, 2.05) is 20.8 Å². The van der Waals surface area contributed by atoms with Crippen LogP contribution in [0.4, 0.5) is 5.13 Å². The number of carbonyl (C=O) groups is 2. The minimum Gasteiger partial charge on any atom is -0.459 e. The first kappa shape index (κ1) is 19.1. The molecule has 0 spiro atoms. The number of anilines is 1. The number of nitrogens with zero attached hydrogens (tertiary/aromatic N) is 2. The second-order valence-corrected chi connectivity index (χ2v) is 6.67. The number of carbonyl (C=O) groups excluding carboxylic acids is 2. The molecule has 2 rings (SSSR count). The first-order valence-corrected chi connectivity index (χ1v) is 8.97. The summed E-state index contributed by atoms with van der Waals surface area (Å²) >= 11 is 1.42. The molecule has 0 radical (unpaired) electrons. The van der Waals surface area contributed by atoms with Crippen molar-refractivity contribution in [2.45, 2.75) is 27.2 Å². The van der Waals surface area contributed by atoms with Crippen LogP contribution < -0.4 is 5.32 Å². The Morgan fingerprint density at radius 1 is 1.40 bits per heavy atom. The third-order valence-electron chi connectivity index (χ3n) is 3.55. The van der Waals surface area contributed by atoms with Gasteiger partial charge in [0.15, 0.2) is 10.9 Å². The quantitative estimate of drug-likeness (QED) is 0.691. The van der Waals surface area contributed by atoms with E-state index in [1.54, 1.807) is 12.1 Å². The third kappa shape index (κ3) is 5.68. The highest BCUT2D eigenvalue weighted by Gasteiger charge is 2.21. The van der Waals surface area contributed by atoms with Crippen molar-refractivity contribution in [1.29, 1.82) is 0 Å². The average molecular weight is 365 g/mol. The lowest BCUT2D eigenvalue weighted by Crippen LogP contribution is -2.39. The van der Waals surface area contributed by atoms with Crippen LogP contribution in [0, 0.1) is 13.8 Å². The summed E-state index contributed by atoms with van der Waals surface area (Å²) in [5.41, 5.74) is 0.889. The van der Waals surface area contributed by atoms with Crippen molar-refractivity contribution >= 4 is 28.3 Å². The van der Waals surface area contributed by atoms with Crippen LogP contribution in [0.2, 0.25) is 0 Å². The molecule has 0 aliphatic rings. The van der Waals surface area contributed by atoms with Gasteiger partial charge < -0.3 is 19.4 Å². The Morgan fingerprint density at radius 2 is 2.20 bits per heavy atom. The highest BCUT2D eigenvalue weighted by Crippen LogP contribution is 2.21. The molecule has 8 heteroatoms. The number of nitrogens with one attached hydrogen (secondary N) is 1. The van der Waals surface area contributed by atoms with Crippen LogP contribution in [0.15, 0.2) is 22.8 Å². The van der Waals surface area contributed by atoms with Crippen molar-refractivity contribution in [2.75, 3.05) is 31.6 Å². The highest BCUT2D eigenvalue weighted by molar-refractivity contribution is 7.15. The van der Waals surface area contributed by atoms with E-state index in [9.17, 15) is 9.59 Å². The molecule has 2 heterocycles. The zero-order valence-corrected chi connectivity index (χ0v) is 15.5. The van der Waals surface area contributed by atoms with E-state index in [0.29, 0.717) is 31.3 Å². The fourth-order valence-corrected chi connectivity index (χ4v) is 3.00. The SMILES string of the molecule is CCOCCCN(CC(=O)Nc1nc(C)c(C)s1)C(=O)c1ccco1. The number of hydrogen-bond donors (Lipinski definition) is 1. The predicted molar refractivity (Wildman–Crippen MR) is 95.9 cm³/mol. The Balaban J connectivity index is 1.98. The molecule has 0 aliphatic heterocycles. The van der Waals surface area contributed by atoms with E-state index in [2.05, 4.69) is 10.3 Å². The fourth-order valence-electron chi connectivity index (χ4n) is 2.17. The Morgan fingerprint density at radius 3 is 2.80 bits per heavy atom. The molecular formula is C17H23N3O4S. The van der Waals surface area contributed by atoms with Crippen molar-refractivity contribution in [3.05, 3.63) is 34.7 Å². The molecule has 136 valence electrons. The Hall–Kier alpha value is -2.19. The topological polar surface area (TPSA) is 84.7 Å². The molecule has 0 fully saturated rings. The van der Waals surface area contributed by atoms with Gasteiger partial charge in [0.2, 0.25) is 5.91 Å². The average Bonchev–Trinajstić information content (AvgIpc) is 3.20. The van der Waals surface area contributed by atoms with Crippen molar-refractivity contribution in [1.82, 2.24) is 9.88 Å². The number of aromatic nitrogens is 1. The molecule has 0 saturated heterocycles. The molecule has 25 heavy (non-hydrogen) atoms. The zero-order chi connectivity index (χ0) is 18.2. The van der Waals surface area contributed by atoms with Crippen LogP contribution in [0.3, 0.4) is 0 Å². The molecule has 2 aromatic heterocycles. The lowest BCUT2D eigenvalue weighted by molar-refractivity contribution is -0.117. The molecule has 0 aromatic carbocycles. The van der Waals surface area contributed by atoms with E-state index in [-0.39, 0.29) is 24.1 Å². The fraction of sp³-hybridized carbons (Fsp3) is 0.471. The van der Waals surface area contributed by atoms with Gasteiger partial charge in [-0.25, -0.2) is 4.98 Å². The number of ether oxygens (including phenoxy) is 1. The van der Waals surface area contributed by atoms with Gasteiger partial charge in [0.05, 0.1) is 12.0 Å². The van der Waals surface area contributed by atoms with Gasteiger partial charge >= 0.3 is 0 Å². The Kier molecular flexibility index (Phi) is 7.15. The molecular weight excluding hydrogens is 342 g/mol. The molecule has 0 bridgehead atoms. The van der Waals surface area contributed by atoms with Gasteiger partial charge in [-0.15, -0.1) is 11.3 Å². The largest absolute Gasteiger partial charge is 0.459 e. The normalized spacial score (nSPS) is 10.7. The van der Waals surface area contributed by atoms with E-state index < -0.39 is 0 Å². The summed E-state index contributed by atoms with van der Waals surface area (Å²) in [6.45, 7) is 7.24. The van der Waals surface area contributed by atoms with E-state index in [0.717, 1.165) is 10.6 Å². The van der Waals surface area contributed by atoms with Crippen LogP contribution in [0.1, 0.15) is 34.5 Å². The van der Waals surface area contributed by atoms with Crippen LogP contribution in [0.25, 0.3) is 0 Å². The Bertz CT molecular complexity index is 677. The summed E-state index contributed by atoms with van der Waals surface area (Å²) in [7, 11) is 0. The van der Waals surface area contributed by atoms with Crippen molar-refractivity contribution in [3.8, 4) is 0 Å². The number of rotatable bonds is 9. The van der Waals surface area contributed by atoms with Crippen LogP contribution >= 0.6 is 11.3 Å². The molecule has 2 amide bonds. The first-order chi connectivity index (χ1) is 12.0. The van der Waals surface area contributed by atoms with Gasteiger partial charge in [0.25, 0.3) is 5.91 Å². The van der Waals surface area contributed by atoms with Crippen LogP contribution in [-0.4, -0.2) is 48.0 Å². The van der Waals surface area contributed by atoms with Crippen molar-refractivity contribution in [2.24, 2.45) is 0 Å². The van der Waals surface area contributed by atoms with Crippen LogP contribution in [-0.2, 0) is 9.53 Å². The standard InChI is InChI=1S/C17H23N3O4S/c1-4-23-9-6-8-20(16(22)14-7-5-10-24-14)11-15(21)19-17-18-12(2)13(3)25-17/h5,7,10H,4,6,8-9,11H2,1-3H3,(H,18,19,21). The third-order valence-corrected chi connectivity index (χ3v) is 4.54. The molecule has 0 aliphatic carbocycles. The van der Waals surface area contributed by atoms with E-state index in [4.69, 9.17) is 9.15 Å². The number of amides is 2. The summed E-state index contributed by atoms with van der Waals surface area (Å²) < 4.78 is 10.5. The van der Waals surface area contributed by atoms with Gasteiger partial charge in [-0.1, -0.05) is 0 Å². The zero-order valence-electron chi connectivity index (χ0n) is 14.7. The van der Waals surface area contributed by atoms with Crippen LogP contribution in [0.5, 0.6) is 0 Å². The van der Waals surface area contributed by atoms with Gasteiger partial charge in [0, 0.05) is 24.6 Å². The summed E-state index contributed by atoms with van der Waals surface area (Å²) in [5.74, 6) is -0.390. The molecule has 0 saturated carbocycles. The minimum absolute atomic E-state index is 0.0661. The minimum atomic E-state index is -0.317. The van der Waals surface area contributed by atoms with E-state index in [1.165, 1.54) is 22.5 Å². The maximum atomic E-state index is 12.5. The molecule has 2 aromatic rings. The maximum Gasteiger partial charge on any atom is 0.290 e.